The van der Waals surface area contributed by atoms with Crippen LogP contribution in [0.4, 0.5) is 5.95 Å². The maximum absolute atomic E-state index is 6.31. The fourth-order valence-corrected chi connectivity index (χ4v) is 3.35. The summed E-state index contributed by atoms with van der Waals surface area (Å²) in [5.41, 5.74) is 11.0. The molecule has 146 valence electrons. The van der Waals surface area contributed by atoms with E-state index < -0.39 is 0 Å². The molecule has 0 radical (unpaired) electrons. The fourth-order valence-electron chi connectivity index (χ4n) is 3.10. The van der Waals surface area contributed by atoms with Gasteiger partial charge in [-0.25, -0.2) is 9.97 Å². The van der Waals surface area contributed by atoms with E-state index in [0.29, 0.717) is 16.5 Å². The third-order valence-electron chi connectivity index (χ3n) is 4.53. The Morgan fingerprint density at radius 2 is 1.60 bits per heavy atom. The summed E-state index contributed by atoms with van der Waals surface area (Å²) >= 11 is 6.31. The predicted molar refractivity (Wildman–Crippen MR) is 121 cm³/mol. The molecule has 5 heteroatoms. The summed E-state index contributed by atoms with van der Waals surface area (Å²) < 4.78 is 5.24. The van der Waals surface area contributed by atoms with Crippen molar-refractivity contribution in [2.75, 3.05) is 12.8 Å². The molecule has 0 saturated carbocycles. The molecule has 0 aliphatic carbocycles. The first-order valence-electron chi connectivity index (χ1n) is 9.29. The second-order valence-corrected chi connectivity index (χ2v) is 6.91. The number of nitrogen functional groups attached to an aromatic ring is 1. The summed E-state index contributed by atoms with van der Waals surface area (Å²) in [6.07, 6.45) is 0. The van der Waals surface area contributed by atoms with Crippen molar-refractivity contribution in [3.8, 4) is 40.0 Å². The van der Waals surface area contributed by atoms with Gasteiger partial charge >= 0.3 is 0 Å². The summed E-state index contributed by atoms with van der Waals surface area (Å²) in [5, 5.41) is 0.550. The fraction of sp³-hybridized carbons (Fsp3) is 0.0400. The maximum Gasteiger partial charge on any atom is 0.221 e. The van der Waals surface area contributed by atoms with Gasteiger partial charge in [-0.2, -0.15) is 0 Å². The van der Waals surface area contributed by atoms with Crippen LogP contribution in [0.3, 0.4) is 0 Å². The molecule has 30 heavy (non-hydrogen) atoms. The lowest BCUT2D eigenvalue weighted by molar-refractivity contribution is 0.415. The first-order chi connectivity index (χ1) is 14.6. The summed E-state index contributed by atoms with van der Waals surface area (Å²) in [7, 11) is 1.59. The summed E-state index contributed by atoms with van der Waals surface area (Å²) in [4.78, 5) is 8.59. The van der Waals surface area contributed by atoms with Crippen LogP contribution in [-0.2, 0) is 0 Å². The van der Waals surface area contributed by atoms with Gasteiger partial charge in [0.15, 0.2) is 0 Å². The smallest absolute Gasteiger partial charge is 0.221 e. The molecule has 0 bridgehead atoms. The molecule has 0 aliphatic rings. The third kappa shape index (κ3) is 4.27. The van der Waals surface area contributed by atoms with Crippen molar-refractivity contribution in [1.29, 1.82) is 0 Å². The lowest BCUT2D eigenvalue weighted by Gasteiger charge is -2.08. The minimum absolute atomic E-state index is 0.191. The molecule has 4 nitrogen and oxygen atoms in total. The molecule has 4 aromatic rings. The molecular formula is C25H18ClN3O. The van der Waals surface area contributed by atoms with Gasteiger partial charge in [-0.1, -0.05) is 72.1 Å². The number of anilines is 1. The van der Waals surface area contributed by atoms with Crippen molar-refractivity contribution >= 4 is 17.5 Å². The van der Waals surface area contributed by atoms with Gasteiger partial charge in [0.2, 0.25) is 5.95 Å². The topological polar surface area (TPSA) is 61.0 Å². The van der Waals surface area contributed by atoms with E-state index in [9.17, 15) is 0 Å². The van der Waals surface area contributed by atoms with Crippen LogP contribution in [0.2, 0.25) is 5.02 Å². The van der Waals surface area contributed by atoms with Gasteiger partial charge in [0, 0.05) is 11.1 Å². The number of nitrogens with zero attached hydrogens (tertiary/aromatic N) is 2. The Kier molecular flexibility index (Phi) is 5.65. The highest BCUT2D eigenvalue weighted by atomic mass is 35.5. The minimum Gasteiger partial charge on any atom is -0.495 e. The molecule has 0 atom stereocenters. The van der Waals surface area contributed by atoms with Crippen LogP contribution < -0.4 is 10.5 Å². The second-order valence-electron chi connectivity index (χ2n) is 6.51. The molecule has 1 heterocycles. The number of nitrogens with two attached hydrogens (primary N) is 1. The van der Waals surface area contributed by atoms with Crippen molar-refractivity contribution in [2.24, 2.45) is 0 Å². The first kappa shape index (κ1) is 19.5. The Hall–Kier alpha value is -3.81. The predicted octanol–water partition coefficient (Wildman–Crippen LogP) is 5.45. The molecule has 2 N–H and O–H groups in total. The number of halogens is 1. The van der Waals surface area contributed by atoms with Crippen LogP contribution in [0.25, 0.3) is 22.4 Å². The van der Waals surface area contributed by atoms with Gasteiger partial charge in [0.05, 0.1) is 17.8 Å². The van der Waals surface area contributed by atoms with Crippen molar-refractivity contribution in [3.05, 3.63) is 95.1 Å². The van der Waals surface area contributed by atoms with Gasteiger partial charge in [0.1, 0.15) is 11.4 Å². The van der Waals surface area contributed by atoms with E-state index in [1.54, 1.807) is 7.11 Å². The van der Waals surface area contributed by atoms with Crippen molar-refractivity contribution < 1.29 is 4.74 Å². The van der Waals surface area contributed by atoms with E-state index in [1.807, 2.05) is 78.9 Å². The molecule has 4 rings (SSSR count). The lowest BCUT2D eigenvalue weighted by atomic mass is 10.00. The van der Waals surface area contributed by atoms with Gasteiger partial charge < -0.3 is 10.5 Å². The highest BCUT2D eigenvalue weighted by Gasteiger charge is 2.07. The number of ether oxygens (including phenoxy) is 1. The summed E-state index contributed by atoms with van der Waals surface area (Å²) in [6, 6.07) is 25.2. The Balaban J connectivity index is 1.73. The third-order valence-corrected chi connectivity index (χ3v) is 4.82. The zero-order valence-electron chi connectivity index (χ0n) is 16.3. The average molecular weight is 412 g/mol. The molecule has 0 saturated heterocycles. The SMILES string of the molecule is COc1ccc(-c2ccccc2C#Cc2cc(-c3ccccc3)nc(N)n2)cc1Cl. The average Bonchev–Trinajstić information content (AvgIpc) is 2.78. The van der Waals surface area contributed by atoms with Gasteiger partial charge in [-0.3, -0.25) is 0 Å². The number of benzene rings is 3. The van der Waals surface area contributed by atoms with E-state index in [4.69, 9.17) is 22.1 Å². The van der Waals surface area contributed by atoms with E-state index in [-0.39, 0.29) is 5.95 Å². The Morgan fingerprint density at radius 1 is 0.833 bits per heavy atom. The maximum atomic E-state index is 6.31. The van der Waals surface area contributed by atoms with E-state index in [0.717, 1.165) is 27.9 Å². The number of hydrogen-bond acceptors (Lipinski definition) is 4. The van der Waals surface area contributed by atoms with Gasteiger partial charge in [-0.05, 0) is 41.3 Å². The zero-order valence-corrected chi connectivity index (χ0v) is 17.0. The monoisotopic (exact) mass is 411 g/mol. The van der Waals surface area contributed by atoms with Gasteiger partial charge in [0.25, 0.3) is 0 Å². The minimum atomic E-state index is 0.191. The van der Waals surface area contributed by atoms with E-state index >= 15 is 0 Å². The Labute approximate surface area is 180 Å². The van der Waals surface area contributed by atoms with Crippen molar-refractivity contribution in [1.82, 2.24) is 9.97 Å². The molecule has 0 unspecified atom stereocenters. The number of methoxy groups -OCH3 is 1. The first-order valence-corrected chi connectivity index (χ1v) is 9.67. The summed E-state index contributed by atoms with van der Waals surface area (Å²) in [6.45, 7) is 0. The summed E-state index contributed by atoms with van der Waals surface area (Å²) in [5.74, 6) is 7.16. The second kappa shape index (κ2) is 8.69. The van der Waals surface area contributed by atoms with Crippen LogP contribution in [-0.4, -0.2) is 17.1 Å². The van der Waals surface area contributed by atoms with E-state index in [2.05, 4.69) is 21.8 Å². The molecule has 1 aromatic heterocycles. The molecule has 3 aromatic carbocycles. The highest BCUT2D eigenvalue weighted by molar-refractivity contribution is 6.32. The Bertz CT molecular complexity index is 1260. The molecule has 0 spiro atoms. The number of rotatable bonds is 3. The van der Waals surface area contributed by atoms with Crippen molar-refractivity contribution in [3.63, 3.8) is 0 Å². The molecule has 0 fully saturated rings. The Morgan fingerprint density at radius 3 is 2.37 bits per heavy atom. The van der Waals surface area contributed by atoms with Crippen LogP contribution in [0.15, 0.2) is 78.9 Å². The van der Waals surface area contributed by atoms with E-state index in [1.165, 1.54) is 0 Å². The molecular weight excluding hydrogens is 394 g/mol. The largest absolute Gasteiger partial charge is 0.495 e. The molecule has 0 amide bonds. The van der Waals surface area contributed by atoms with Crippen LogP contribution >= 0.6 is 11.6 Å². The van der Waals surface area contributed by atoms with Gasteiger partial charge in [-0.15, -0.1) is 0 Å². The molecule has 0 aliphatic heterocycles. The van der Waals surface area contributed by atoms with Crippen molar-refractivity contribution in [2.45, 2.75) is 0 Å². The number of aromatic nitrogens is 2. The lowest BCUT2D eigenvalue weighted by Crippen LogP contribution is -1.99. The van der Waals surface area contributed by atoms with Crippen LogP contribution in [0.5, 0.6) is 5.75 Å². The number of hydrogen-bond donors (Lipinski definition) is 1. The normalized spacial score (nSPS) is 10.2. The van der Waals surface area contributed by atoms with Crippen LogP contribution in [0, 0.1) is 11.8 Å². The standard InChI is InChI=1S/C25H18ClN3O/c1-30-24-14-12-19(15-22(24)26)21-10-6-5-7-17(21)11-13-20-16-23(29-25(27)28-20)18-8-3-2-4-9-18/h2-10,12,14-16H,1H3,(H2,27,28,29). The van der Waals surface area contributed by atoms with Crippen LogP contribution in [0.1, 0.15) is 11.3 Å². The quantitative estimate of drug-likeness (QED) is 0.455. The highest BCUT2D eigenvalue weighted by Crippen LogP contribution is 2.31. The zero-order chi connectivity index (χ0) is 20.9.